The van der Waals surface area contributed by atoms with E-state index in [1.165, 1.54) is 12.1 Å². The van der Waals surface area contributed by atoms with Crippen molar-refractivity contribution in [3.05, 3.63) is 48.0 Å². The Labute approximate surface area is 122 Å². The van der Waals surface area contributed by atoms with E-state index >= 15 is 0 Å². The van der Waals surface area contributed by atoms with Crippen molar-refractivity contribution < 1.29 is 14.3 Å². The van der Waals surface area contributed by atoms with Gasteiger partial charge in [0.05, 0.1) is 11.4 Å². The number of nitrogens with one attached hydrogen (secondary N) is 1. The maximum atomic E-state index is 12.9. The Morgan fingerprint density at radius 3 is 2.71 bits per heavy atom. The summed E-state index contributed by atoms with van der Waals surface area (Å²) in [6, 6.07) is 7.26. The van der Waals surface area contributed by atoms with E-state index in [0.717, 1.165) is 17.8 Å². The van der Waals surface area contributed by atoms with Gasteiger partial charge in [-0.15, -0.1) is 0 Å². The molecule has 112 valence electrons. The van der Waals surface area contributed by atoms with Gasteiger partial charge in [0.25, 0.3) is 0 Å². The average Bonchev–Trinajstić information content (AvgIpc) is 2.92. The summed E-state index contributed by atoms with van der Waals surface area (Å²) in [4.78, 5) is 11.0. The molecule has 6 heteroatoms. The van der Waals surface area contributed by atoms with Crippen LogP contribution in [-0.4, -0.2) is 26.9 Å². The maximum Gasteiger partial charge on any atom is 0.320 e. The molecule has 0 radical (unpaired) electrons. The highest BCUT2D eigenvalue weighted by molar-refractivity contribution is 5.73. The molecule has 21 heavy (non-hydrogen) atoms. The Kier molecular flexibility index (Phi) is 5.05. The molecule has 0 spiro atoms. The van der Waals surface area contributed by atoms with Gasteiger partial charge in [0.2, 0.25) is 0 Å². The Bertz CT molecular complexity index is 595. The summed E-state index contributed by atoms with van der Waals surface area (Å²) >= 11 is 0. The highest BCUT2D eigenvalue weighted by Gasteiger charge is 2.15. The largest absolute Gasteiger partial charge is 0.480 e. The number of carbonyl (C=O) groups is 1. The number of aromatic nitrogens is 2. The molecular weight excluding hydrogens is 273 g/mol. The van der Waals surface area contributed by atoms with Crippen molar-refractivity contribution in [1.82, 2.24) is 15.1 Å². The number of aliphatic carboxylic acids is 1. The standard InChI is InChI=1S/C15H18FN3O2/c1-2-3-14(15(20)21)17-10-12-8-9-19(18-12)13-6-4-11(16)5-7-13/h4-9,14,17H,2-3,10H2,1H3,(H,20,21). The third kappa shape index (κ3) is 4.13. The number of benzene rings is 1. The molecule has 2 aromatic rings. The van der Waals surface area contributed by atoms with Crippen molar-refractivity contribution in [2.75, 3.05) is 0 Å². The third-order valence-electron chi connectivity index (χ3n) is 3.14. The second-order valence-electron chi connectivity index (χ2n) is 4.79. The number of hydrogen-bond donors (Lipinski definition) is 2. The van der Waals surface area contributed by atoms with E-state index in [9.17, 15) is 9.18 Å². The van der Waals surface area contributed by atoms with Gasteiger partial charge in [-0.2, -0.15) is 5.10 Å². The van der Waals surface area contributed by atoms with E-state index in [1.807, 2.05) is 6.92 Å². The van der Waals surface area contributed by atoms with Gasteiger partial charge in [0.1, 0.15) is 11.9 Å². The van der Waals surface area contributed by atoms with Gasteiger partial charge in [-0.3, -0.25) is 10.1 Å². The molecule has 0 aliphatic heterocycles. The summed E-state index contributed by atoms with van der Waals surface area (Å²) in [5.41, 5.74) is 1.49. The highest BCUT2D eigenvalue weighted by Crippen LogP contribution is 2.09. The van der Waals surface area contributed by atoms with Gasteiger partial charge in [-0.1, -0.05) is 13.3 Å². The molecule has 0 bridgehead atoms. The SMILES string of the molecule is CCCC(NCc1ccn(-c2ccc(F)cc2)n1)C(=O)O. The number of rotatable bonds is 7. The molecule has 0 aliphatic rings. The zero-order chi connectivity index (χ0) is 15.2. The lowest BCUT2D eigenvalue weighted by Gasteiger charge is -2.12. The van der Waals surface area contributed by atoms with Gasteiger partial charge in [0, 0.05) is 12.7 Å². The molecule has 5 nitrogen and oxygen atoms in total. The summed E-state index contributed by atoms with van der Waals surface area (Å²) < 4.78 is 14.5. The second kappa shape index (κ2) is 6.99. The van der Waals surface area contributed by atoms with E-state index < -0.39 is 12.0 Å². The van der Waals surface area contributed by atoms with E-state index in [-0.39, 0.29) is 5.82 Å². The molecule has 0 fully saturated rings. The molecule has 2 N–H and O–H groups in total. The number of hydrogen-bond acceptors (Lipinski definition) is 3. The van der Waals surface area contributed by atoms with Crippen molar-refractivity contribution in [2.45, 2.75) is 32.4 Å². The lowest BCUT2D eigenvalue weighted by molar-refractivity contribution is -0.139. The number of carboxylic acids is 1. The normalized spacial score (nSPS) is 12.3. The van der Waals surface area contributed by atoms with Crippen molar-refractivity contribution in [3.63, 3.8) is 0 Å². The monoisotopic (exact) mass is 291 g/mol. The number of carboxylic acid groups (broad SMARTS) is 1. The predicted octanol–water partition coefficient (Wildman–Crippen LogP) is 2.35. The van der Waals surface area contributed by atoms with Crippen LogP contribution in [0.4, 0.5) is 4.39 Å². The molecule has 0 aliphatic carbocycles. The van der Waals surface area contributed by atoms with Gasteiger partial charge in [0.15, 0.2) is 0 Å². The van der Waals surface area contributed by atoms with Crippen molar-refractivity contribution in [1.29, 1.82) is 0 Å². The van der Waals surface area contributed by atoms with Crippen LogP contribution < -0.4 is 5.32 Å². The third-order valence-corrected chi connectivity index (χ3v) is 3.14. The van der Waals surface area contributed by atoms with Crippen molar-refractivity contribution >= 4 is 5.97 Å². The van der Waals surface area contributed by atoms with Crippen LogP contribution in [0.5, 0.6) is 0 Å². The Morgan fingerprint density at radius 2 is 2.10 bits per heavy atom. The van der Waals surface area contributed by atoms with Crippen LogP contribution in [0, 0.1) is 5.82 Å². The lowest BCUT2D eigenvalue weighted by Crippen LogP contribution is -2.36. The molecule has 0 amide bonds. The molecule has 1 unspecified atom stereocenters. The summed E-state index contributed by atoms with van der Waals surface area (Å²) in [7, 11) is 0. The molecule has 1 aromatic carbocycles. The summed E-state index contributed by atoms with van der Waals surface area (Å²) in [6.45, 7) is 2.33. The van der Waals surface area contributed by atoms with E-state index in [1.54, 1.807) is 29.1 Å². The molecule has 1 atom stereocenters. The van der Waals surface area contributed by atoms with Crippen LogP contribution in [0.1, 0.15) is 25.5 Å². The number of nitrogens with zero attached hydrogens (tertiary/aromatic N) is 2. The van der Waals surface area contributed by atoms with E-state index in [4.69, 9.17) is 5.11 Å². The molecule has 1 aromatic heterocycles. The first-order valence-corrected chi connectivity index (χ1v) is 6.87. The van der Waals surface area contributed by atoms with Crippen LogP contribution in [-0.2, 0) is 11.3 Å². The fourth-order valence-electron chi connectivity index (χ4n) is 2.02. The Hall–Kier alpha value is -2.21. The first-order valence-electron chi connectivity index (χ1n) is 6.87. The Morgan fingerprint density at radius 1 is 1.38 bits per heavy atom. The second-order valence-corrected chi connectivity index (χ2v) is 4.79. The van der Waals surface area contributed by atoms with Crippen LogP contribution in [0.15, 0.2) is 36.5 Å². The van der Waals surface area contributed by atoms with Crippen LogP contribution >= 0.6 is 0 Å². The topological polar surface area (TPSA) is 67.2 Å². The van der Waals surface area contributed by atoms with Gasteiger partial charge < -0.3 is 5.11 Å². The first kappa shape index (κ1) is 15.2. The fourth-order valence-corrected chi connectivity index (χ4v) is 2.02. The number of halogens is 1. The molecule has 0 saturated heterocycles. The fraction of sp³-hybridized carbons (Fsp3) is 0.333. The highest BCUT2D eigenvalue weighted by atomic mass is 19.1. The lowest BCUT2D eigenvalue weighted by atomic mass is 10.1. The minimum Gasteiger partial charge on any atom is -0.480 e. The van der Waals surface area contributed by atoms with Crippen LogP contribution in [0.3, 0.4) is 0 Å². The molecular formula is C15H18FN3O2. The van der Waals surface area contributed by atoms with Crippen LogP contribution in [0.25, 0.3) is 5.69 Å². The average molecular weight is 291 g/mol. The molecule has 0 saturated carbocycles. The van der Waals surface area contributed by atoms with Gasteiger partial charge in [-0.25, -0.2) is 9.07 Å². The van der Waals surface area contributed by atoms with Gasteiger partial charge >= 0.3 is 5.97 Å². The summed E-state index contributed by atoms with van der Waals surface area (Å²) in [5, 5.41) is 16.4. The maximum absolute atomic E-state index is 12.9. The quantitative estimate of drug-likeness (QED) is 0.821. The smallest absolute Gasteiger partial charge is 0.320 e. The zero-order valence-corrected chi connectivity index (χ0v) is 11.8. The minimum absolute atomic E-state index is 0.295. The van der Waals surface area contributed by atoms with E-state index in [0.29, 0.717) is 13.0 Å². The van der Waals surface area contributed by atoms with Crippen LogP contribution in [0.2, 0.25) is 0 Å². The van der Waals surface area contributed by atoms with Gasteiger partial charge in [-0.05, 0) is 36.8 Å². The molecule has 1 heterocycles. The zero-order valence-electron chi connectivity index (χ0n) is 11.8. The molecule has 2 rings (SSSR count). The van der Waals surface area contributed by atoms with Crippen molar-refractivity contribution in [3.8, 4) is 5.69 Å². The minimum atomic E-state index is -0.852. The summed E-state index contributed by atoms with van der Waals surface area (Å²) in [6.07, 6.45) is 3.14. The van der Waals surface area contributed by atoms with E-state index in [2.05, 4.69) is 10.4 Å². The predicted molar refractivity (Wildman–Crippen MR) is 76.7 cm³/mol. The summed E-state index contributed by atoms with van der Waals surface area (Å²) in [5.74, 6) is -1.15. The first-order chi connectivity index (χ1) is 10.1. The Balaban J connectivity index is 2.00. The van der Waals surface area contributed by atoms with Crippen molar-refractivity contribution in [2.24, 2.45) is 0 Å².